The summed E-state index contributed by atoms with van der Waals surface area (Å²) in [5, 5.41) is 0. The van der Waals surface area contributed by atoms with Gasteiger partial charge in [-0.1, -0.05) is 6.42 Å². The topological polar surface area (TPSA) is 17.1 Å². The Balaban J connectivity index is 2.16. The summed E-state index contributed by atoms with van der Waals surface area (Å²) in [7, 11) is 0. The van der Waals surface area contributed by atoms with E-state index >= 15 is 0 Å². The molecule has 0 aromatic heterocycles. The maximum absolute atomic E-state index is 11.5. The molecule has 0 aromatic rings. The van der Waals surface area contributed by atoms with Gasteiger partial charge in [-0.25, -0.2) is 0 Å². The van der Waals surface area contributed by atoms with Crippen LogP contribution in [0.3, 0.4) is 0 Å². The summed E-state index contributed by atoms with van der Waals surface area (Å²) < 4.78 is 0. The molecule has 0 bridgehead atoms. The summed E-state index contributed by atoms with van der Waals surface area (Å²) in [5.41, 5.74) is 7.06. The fraction of sp³-hybridized carbons (Fsp3) is 0.600. The van der Waals surface area contributed by atoms with Gasteiger partial charge >= 0.3 is 0 Å². The SMILES string of the molecule is CC1=C(C=C=C2CCCCC2)CCCC1=O. The smallest absolute Gasteiger partial charge is 0.158 e. The van der Waals surface area contributed by atoms with Gasteiger partial charge in [0.05, 0.1) is 0 Å². The standard InChI is InChI=1S/C15H20O/c1-12-14(8-5-9-15(12)16)11-10-13-6-3-2-4-7-13/h11H,2-9H2,1H3. The molecule has 0 aliphatic heterocycles. The van der Waals surface area contributed by atoms with Crippen LogP contribution in [0.4, 0.5) is 0 Å². The van der Waals surface area contributed by atoms with Crippen molar-refractivity contribution in [3.8, 4) is 0 Å². The van der Waals surface area contributed by atoms with E-state index in [1.54, 1.807) is 0 Å². The van der Waals surface area contributed by atoms with Gasteiger partial charge in [0, 0.05) is 6.42 Å². The molecule has 0 aromatic carbocycles. The van der Waals surface area contributed by atoms with E-state index in [9.17, 15) is 4.79 Å². The van der Waals surface area contributed by atoms with Crippen molar-refractivity contribution in [2.24, 2.45) is 0 Å². The Morgan fingerprint density at radius 3 is 2.50 bits per heavy atom. The maximum Gasteiger partial charge on any atom is 0.158 e. The zero-order chi connectivity index (χ0) is 11.4. The number of carbonyl (C=O) groups excluding carboxylic acids is 1. The molecule has 0 N–H and O–H groups in total. The highest BCUT2D eigenvalue weighted by molar-refractivity contribution is 5.96. The Hall–Kier alpha value is -1.07. The minimum absolute atomic E-state index is 0.327. The van der Waals surface area contributed by atoms with E-state index in [1.807, 2.05) is 6.92 Å². The minimum atomic E-state index is 0.327. The lowest BCUT2D eigenvalue weighted by atomic mass is 9.90. The molecule has 0 unspecified atom stereocenters. The van der Waals surface area contributed by atoms with E-state index in [0.29, 0.717) is 5.78 Å². The van der Waals surface area contributed by atoms with Crippen molar-refractivity contribution >= 4 is 5.78 Å². The number of carbonyl (C=O) groups is 1. The van der Waals surface area contributed by atoms with Gasteiger partial charge in [-0.05, 0) is 68.2 Å². The number of hydrogen-bond acceptors (Lipinski definition) is 1. The second-order valence-electron chi connectivity index (χ2n) is 4.88. The van der Waals surface area contributed by atoms with Crippen LogP contribution in [-0.4, -0.2) is 5.78 Å². The lowest BCUT2D eigenvalue weighted by Crippen LogP contribution is -2.07. The summed E-state index contributed by atoms with van der Waals surface area (Å²) in [4.78, 5) is 11.5. The second-order valence-corrected chi connectivity index (χ2v) is 4.88. The van der Waals surface area contributed by atoms with E-state index in [1.165, 1.54) is 43.3 Å². The Labute approximate surface area is 97.9 Å². The average molecular weight is 216 g/mol. The predicted molar refractivity (Wildman–Crippen MR) is 66.2 cm³/mol. The lowest BCUT2D eigenvalue weighted by Gasteiger charge is -2.13. The molecule has 0 radical (unpaired) electrons. The molecule has 0 saturated heterocycles. The molecule has 0 atom stereocenters. The van der Waals surface area contributed by atoms with Gasteiger partial charge in [-0.2, -0.15) is 0 Å². The number of ketones is 1. The number of hydrogen-bond donors (Lipinski definition) is 0. The Morgan fingerprint density at radius 1 is 1.00 bits per heavy atom. The summed E-state index contributed by atoms with van der Waals surface area (Å²) in [6.45, 7) is 1.96. The zero-order valence-electron chi connectivity index (χ0n) is 10.1. The first-order chi connectivity index (χ1) is 7.77. The zero-order valence-corrected chi connectivity index (χ0v) is 10.1. The molecule has 2 rings (SSSR count). The van der Waals surface area contributed by atoms with Gasteiger partial charge in [0.2, 0.25) is 0 Å². The monoisotopic (exact) mass is 216 g/mol. The van der Waals surface area contributed by atoms with Crippen molar-refractivity contribution in [3.05, 3.63) is 28.5 Å². The van der Waals surface area contributed by atoms with Gasteiger partial charge in [-0.3, -0.25) is 4.79 Å². The summed E-state index contributed by atoms with van der Waals surface area (Å²) >= 11 is 0. The van der Waals surface area contributed by atoms with Crippen molar-refractivity contribution in [2.75, 3.05) is 0 Å². The van der Waals surface area contributed by atoms with Crippen molar-refractivity contribution in [1.82, 2.24) is 0 Å². The van der Waals surface area contributed by atoms with Gasteiger partial charge in [0.1, 0.15) is 0 Å². The van der Waals surface area contributed by atoms with E-state index in [-0.39, 0.29) is 0 Å². The fourth-order valence-electron chi connectivity index (χ4n) is 2.49. The number of allylic oxidation sites excluding steroid dienone is 3. The highest BCUT2D eigenvalue weighted by Crippen LogP contribution is 2.24. The van der Waals surface area contributed by atoms with Gasteiger partial charge < -0.3 is 0 Å². The highest BCUT2D eigenvalue weighted by Gasteiger charge is 2.14. The van der Waals surface area contributed by atoms with Gasteiger partial charge in [-0.15, -0.1) is 5.73 Å². The molecule has 0 heterocycles. The van der Waals surface area contributed by atoms with Crippen LogP contribution >= 0.6 is 0 Å². The number of rotatable bonds is 1. The second kappa shape index (κ2) is 5.32. The fourth-order valence-corrected chi connectivity index (χ4v) is 2.49. The predicted octanol–water partition coefficient (Wildman–Crippen LogP) is 4.10. The molecule has 1 heteroatoms. The summed E-state index contributed by atoms with van der Waals surface area (Å²) in [5.74, 6) is 0.327. The van der Waals surface area contributed by atoms with E-state index in [4.69, 9.17) is 0 Å². The number of Topliss-reactive ketones (excluding diaryl/α,β-unsaturated/α-hetero) is 1. The maximum atomic E-state index is 11.5. The molecular formula is C15H20O. The summed E-state index contributed by atoms with van der Waals surface area (Å²) in [6, 6.07) is 0. The Bertz CT molecular complexity index is 370. The molecule has 16 heavy (non-hydrogen) atoms. The van der Waals surface area contributed by atoms with Crippen molar-refractivity contribution < 1.29 is 4.79 Å². The third kappa shape index (κ3) is 2.74. The quantitative estimate of drug-likeness (QED) is 0.603. The van der Waals surface area contributed by atoms with Crippen molar-refractivity contribution in [3.63, 3.8) is 0 Å². The third-order valence-corrected chi connectivity index (χ3v) is 3.66. The van der Waals surface area contributed by atoms with Crippen LogP contribution in [0.2, 0.25) is 0 Å². The molecule has 0 spiro atoms. The van der Waals surface area contributed by atoms with E-state index in [0.717, 1.165) is 24.8 Å². The van der Waals surface area contributed by atoms with Crippen LogP contribution < -0.4 is 0 Å². The first-order valence-corrected chi connectivity index (χ1v) is 6.45. The highest BCUT2D eigenvalue weighted by atomic mass is 16.1. The lowest BCUT2D eigenvalue weighted by molar-refractivity contribution is -0.116. The largest absolute Gasteiger partial charge is 0.295 e. The van der Waals surface area contributed by atoms with E-state index < -0.39 is 0 Å². The first kappa shape index (κ1) is 11.4. The molecule has 2 aliphatic carbocycles. The molecule has 1 nitrogen and oxygen atoms in total. The molecule has 86 valence electrons. The van der Waals surface area contributed by atoms with Crippen LogP contribution in [0.1, 0.15) is 58.3 Å². The molecule has 2 aliphatic rings. The van der Waals surface area contributed by atoms with Gasteiger partial charge in [0.15, 0.2) is 5.78 Å². The Kier molecular flexibility index (Phi) is 3.79. The normalized spacial score (nSPS) is 22.1. The van der Waals surface area contributed by atoms with Crippen molar-refractivity contribution in [2.45, 2.75) is 58.3 Å². The molecule has 1 fully saturated rings. The van der Waals surface area contributed by atoms with E-state index in [2.05, 4.69) is 11.8 Å². The third-order valence-electron chi connectivity index (χ3n) is 3.66. The minimum Gasteiger partial charge on any atom is -0.295 e. The van der Waals surface area contributed by atoms with Crippen LogP contribution in [0, 0.1) is 0 Å². The molecular weight excluding hydrogens is 196 g/mol. The molecule has 1 saturated carbocycles. The van der Waals surface area contributed by atoms with Crippen LogP contribution in [0.25, 0.3) is 0 Å². The first-order valence-electron chi connectivity index (χ1n) is 6.45. The van der Waals surface area contributed by atoms with Crippen LogP contribution in [-0.2, 0) is 4.79 Å². The summed E-state index contributed by atoms with van der Waals surface area (Å²) in [6.07, 6.45) is 11.3. The Morgan fingerprint density at radius 2 is 1.75 bits per heavy atom. The van der Waals surface area contributed by atoms with Crippen LogP contribution in [0.15, 0.2) is 28.5 Å². The molecule has 0 amide bonds. The van der Waals surface area contributed by atoms with Gasteiger partial charge in [0.25, 0.3) is 0 Å². The average Bonchev–Trinajstić information content (AvgIpc) is 2.32. The van der Waals surface area contributed by atoms with Crippen molar-refractivity contribution in [1.29, 1.82) is 0 Å². The van der Waals surface area contributed by atoms with Crippen LogP contribution in [0.5, 0.6) is 0 Å².